The molecule has 0 spiro atoms. The van der Waals surface area contributed by atoms with Crippen molar-refractivity contribution in [3.8, 4) is 0 Å². The largest absolute Gasteiger partial charge is 0.420 e. The fourth-order valence-corrected chi connectivity index (χ4v) is 5.00. The Hall–Kier alpha value is -2.87. The van der Waals surface area contributed by atoms with E-state index in [1.54, 1.807) is 34.4 Å². The molecular formula is C21H21N3O4S. The predicted octanol–water partition coefficient (Wildman–Crippen LogP) is 2.13. The van der Waals surface area contributed by atoms with Crippen LogP contribution in [0.5, 0.6) is 0 Å². The molecule has 2 aliphatic rings. The Bertz CT molecular complexity index is 1110. The molecule has 2 atom stereocenters. The molecule has 150 valence electrons. The van der Waals surface area contributed by atoms with E-state index in [-0.39, 0.29) is 24.3 Å². The molecule has 1 saturated carbocycles. The number of nitrogens with zero attached hydrogens (tertiary/aromatic N) is 3. The van der Waals surface area contributed by atoms with Crippen LogP contribution in [0.25, 0.3) is 11.1 Å². The second-order valence-electron chi connectivity index (χ2n) is 7.59. The summed E-state index contributed by atoms with van der Waals surface area (Å²) in [4.78, 5) is 42.4. The van der Waals surface area contributed by atoms with E-state index in [1.807, 2.05) is 22.4 Å². The van der Waals surface area contributed by atoms with Crippen molar-refractivity contribution in [1.82, 2.24) is 14.4 Å². The smallest absolute Gasteiger partial charge is 0.408 e. The molecule has 1 aliphatic heterocycles. The van der Waals surface area contributed by atoms with Gasteiger partial charge in [-0.2, -0.15) is 0 Å². The minimum Gasteiger partial charge on any atom is -0.408 e. The number of benzene rings is 1. The van der Waals surface area contributed by atoms with E-state index in [0.717, 1.165) is 6.42 Å². The number of fused-ring (bicyclic) bond motifs is 1. The summed E-state index contributed by atoms with van der Waals surface area (Å²) in [5, 5.41) is 2.05. The number of para-hydroxylation sites is 2. The minimum absolute atomic E-state index is 0.0487. The number of piperazine rings is 1. The van der Waals surface area contributed by atoms with Gasteiger partial charge in [0.15, 0.2) is 5.58 Å². The van der Waals surface area contributed by atoms with Gasteiger partial charge >= 0.3 is 5.76 Å². The summed E-state index contributed by atoms with van der Waals surface area (Å²) in [6.07, 6.45) is 0.926. The van der Waals surface area contributed by atoms with E-state index in [4.69, 9.17) is 4.42 Å². The monoisotopic (exact) mass is 411 g/mol. The molecule has 3 aromatic rings. The number of carbonyl (C=O) groups excluding carboxylic acids is 2. The van der Waals surface area contributed by atoms with Crippen molar-refractivity contribution in [3.63, 3.8) is 0 Å². The maximum atomic E-state index is 12.8. The molecule has 1 saturated heterocycles. The molecule has 2 fully saturated rings. The lowest BCUT2D eigenvalue weighted by Gasteiger charge is -2.35. The number of rotatable bonds is 4. The van der Waals surface area contributed by atoms with E-state index in [9.17, 15) is 14.4 Å². The number of aromatic nitrogens is 1. The van der Waals surface area contributed by atoms with Gasteiger partial charge in [0, 0.05) is 42.9 Å². The minimum atomic E-state index is -0.526. The summed E-state index contributed by atoms with van der Waals surface area (Å²) in [6, 6.07) is 11.2. The van der Waals surface area contributed by atoms with E-state index in [0.29, 0.717) is 43.2 Å². The first-order valence-corrected chi connectivity index (χ1v) is 10.7. The Labute approximate surface area is 171 Å². The van der Waals surface area contributed by atoms with Crippen LogP contribution in [0.4, 0.5) is 0 Å². The van der Waals surface area contributed by atoms with Gasteiger partial charge in [0.25, 0.3) is 0 Å². The van der Waals surface area contributed by atoms with Crippen LogP contribution in [0.3, 0.4) is 0 Å². The number of hydrogen-bond acceptors (Lipinski definition) is 5. The SMILES string of the molecule is O=C(Cn1c(=O)oc2ccccc21)N1CCN(C(=O)[C@H]2C[C@@H]2c2cccs2)CC1. The fraction of sp³-hybridized carbons (Fsp3) is 0.381. The second-order valence-corrected chi connectivity index (χ2v) is 8.57. The Morgan fingerprint density at radius 2 is 1.79 bits per heavy atom. The zero-order valence-corrected chi connectivity index (χ0v) is 16.6. The van der Waals surface area contributed by atoms with Gasteiger partial charge < -0.3 is 14.2 Å². The number of thiophene rings is 1. The van der Waals surface area contributed by atoms with Gasteiger partial charge in [0.2, 0.25) is 11.8 Å². The highest BCUT2D eigenvalue weighted by atomic mass is 32.1. The van der Waals surface area contributed by atoms with Crippen molar-refractivity contribution in [1.29, 1.82) is 0 Å². The molecule has 0 bridgehead atoms. The summed E-state index contributed by atoms with van der Waals surface area (Å²) >= 11 is 1.71. The van der Waals surface area contributed by atoms with Crippen LogP contribution in [0, 0.1) is 5.92 Å². The summed E-state index contributed by atoms with van der Waals surface area (Å²) < 4.78 is 6.56. The molecule has 7 nitrogen and oxygen atoms in total. The molecular weight excluding hydrogens is 390 g/mol. The van der Waals surface area contributed by atoms with Crippen LogP contribution in [-0.4, -0.2) is 52.4 Å². The maximum Gasteiger partial charge on any atom is 0.420 e. The molecule has 3 heterocycles. The number of hydrogen-bond donors (Lipinski definition) is 0. The van der Waals surface area contributed by atoms with E-state index >= 15 is 0 Å². The highest BCUT2D eigenvalue weighted by Crippen LogP contribution is 2.50. The second kappa shape index (κ2) is 7.18. The van der Waals surface area contributed by atoms with Crippen LogP contribution >= 0.6 is 11.3 Å². The molecule has 1 aliphatic carbocycles. The molecule has 29 heavy (non-hydrogen) atoms. The lowest BCUT2D eigenvalue weighted by molar-refractivity contribution is -0.140. The number of amides is 2. The van der Waals surface area contributed by atoms with Crippen molar-refractivity contribution in [3.05, 3.63) is 57.2 Å². The molecule has 0 N–H and O–H groups in total. The molecule has 5 rings (SSSR count). The van der Waals surface area contributed by atoms with Gasteiger partial charge in [-0.05, 0) is 30.0 Å². The zero-order valence-electron chi connectivity index (χ0n) is 15.8. The normalized spacial score (nSPS) is 21.5. The van der Waals surface area contributed by atoms with Gasteiger partial charge in [-0.15, -0.1) is 11.3 Å². The third kappa shape index (κ3) is 3.37. The Morgan fingerprint density at radius 1 is 1.03 bits per heavy atom. The van der Waals surface area contributed by atoms with Crippen LogP contribution in [-0.2, 0) is 16.1 Å². The number of oxazole rings is 1. The molecule has 8 heteroatoms. The summed E-state index contributed by atoms with van der Waals surface area (Å²) in [5.41, 5.74) is 1.10. The highest BCUT2D eigenvalue weighted by molar-refractivity contribution is 7.10. The average Bonchev–Trinajstić information content (AvgIpc) is 3.22. The van der Waals surface area contributed by atoms with E-state index in [2.05, 4.69) is 6.07 Å². The molecule has 1 aromatic carbocycles. The molecule has 2 amide bonds. The van der Waals surface area contributed by atoms with Crippen molar-refractivity contribution < 1.29 is 14.0 Å². The first-order valence-electron chi connectivity index (χ1n) is 9.80. The van der Waals surface area contributed by atoms with Crippen LogP contribution in [0.1, 0.15) is 17.2 Å². The first kappa shape index (κ1) is 18.2. The van der Waals surface area contributed by atoms with Crippen LogP contribution in [0.15, 0.2) is 51.0 Å². The highest BCUT2D eigenvalue weighted by Gasteiger charge is 2.46. The Morgan fingerprint density at radius 3 is 2.55 bits per heavy atom. The first-order chi connectivity index (χ1) is 14.1. The van der Waals surface area contributed by atoms with Crippen molar-refractivity contribution in [2.24, 2.45) is 5.92 Å². The Kier molecular flexibility index (Phi) is 4.50. The standard InChI is InChI=1S/C21H21N3O4S/c25-19(13-24-16-4-1-2-5-17(16)28-21(24)27)22-7-9-23(10-8-22)20(26)15-12-14(15)18-6-3-11-29-18/h1-6,11,14-15H,7-10,12-13H2/t14-,15-/m0/s1. The van der Waals surface area contributed by atoms with Gasteiger partial charge in [-0.25, -0.2) is 4.79 Å². The average molecular weight is 411 g/mol. The fourth-order valence-electron chi connectivity index (χ4n) is 4.09. The quantitative estimate of drug-likeness (QED) is 0.659. The molecule has 0 radical (unpaired) electrons. The van der Waals surface area contributed by atoms with Crippen LogP contribution < -0.4 is 5.76 Å². The topological polar surface area (TPSA) is 75.8 Å². The lowest BCUT2D eigenvalue weighted by Crippen LogP contribution is -2.52. The van der Waals surface area contributed by atoms with Gasteiger partial charge in [0.1, 0.15) is 6.54 Å². The predicted molar refractivity (Wildman–Crippen MR) is 109 cm³/mol. The third-order valence-electron chi connectivity index (χ3n) is 5.83. The van der Waals surface area contributed by atoms with Gasteiger partial charge in [-0.1, -0.05) is 18.2 Å². The van der Waals surface area contributed by atoms with E-state index < -0.39 is 5.76 Å². The van der Waals surface area contributed by atoms with Gasteiger partial charge in [-0.3, -0.25) is 14.2 Å². The van der Waals surface area contributed by atoms with Crippen LogP contribution in [0.2, 0.25) is 0 Å². The molecule has 0 unspecified atom stereocenters. The Balaban J connectivity index is 1.18. The van der Waals surface area contributed by atoms with Crippen molar-refractivity contribution in [2.75, 3.05) is 26.2 Å². The van der Waals surface area contributed by atoms with Crippen molar-refractivity contribution >= 4 is 34.3 Å². The lowest BCUT2D eigenvalue weighted by atomic mass is 10.2. The summed E-state index contributed by atoms with van der Waals surface area (Å²) in [5.74, 6) is -0.00178. The third-order valence-corrected chi connectivity index (χ3v) is 6.83. The van der Waals surface area contributed by atoms with E-state index in [1.165, 1.54) is 9.44 Å². The van der Waals surface area contributed by atoms with Crippen molar-refractivity contribution in [2.45, 2.75) is 18.9 Å². The summed E-state index contributed by atoms with van der Waals surface area (Å²) in [6.45, 7) is 2.02. The molecule has 2 aromatic heterocycles. The van der Waals surface area contributed by atoms with Gasteiger partial charge in [0.05, 0.1) is 5.52 Å². The zero-order chi connectivity index (χ0) is 20.0. The summed E-state index contributed by atoms with van der Waals surface area (Å²) in [7, 11) is 0. The number of carbonyl (C=O) groups is 2. The maximum absolute atomic E-state index is 12.8.